The minimum Gasteiger partial charge on any atom is -0.383 e. The Hall–Kier alpha value is -3.62. The van der Waals surface area contributed by atoms with Crippen LogP contribution in [0.2, 0.25) is 0 Å². The van der Waals surface area contributed by atoms with Gasteiger partial charge < -0.3 is 10.1 Å². The maximum absolute atomic E-state index is 5.23. The topological polar surface area (TPSA) is 81.0 Å². The monoisotopic (exact) mass is 469 g/mol. The van der Waals surface area contributed by atoms with E-state index < -0.39 is 0 Å². The molecule has 0 atom stereocenters. The third kappa shape index (κ3) is 5.39. The van der Waals surface area contributed by atoms with Crippen LogP contribution in [0.4, 0.5) is 11.6 Å². The molecule has 1 aliphatic rings. The molecule has 0 unspecified atom stereocenters. The number of pyridine rings is 1. The lowest BCUT2D eigenvalue weighted by atomic mass is 10.1. The fourth-order valence-corrected chi connectivity index (χ4v) is 4.38. The highest BCUT2D eigenvalue weighted by molar-refractivity contribution is 5.78. The van der Waals surface area contributed by atoms with E-state index in [1.807, 2.05) is 29.1 Å². The number of rotatable bonds is 10. The van der Waals surface area contributed by atoms with Crippen LogP contribution < -0.4 is 5.32 Å². The summed E-state index contributed by atoms with van der Waals surface area (Å²) in [6, 6.07) is 12.4. The Balaban J connectivity index is 1.39. The lowest BCUT2D eigenvalue weighted by Crippen LogP contribution is -2.21. The SMILES string of the molecule is CCCCn1cc(-c2ccnc(Nc3ccc4c(c3)CN(CCOC)C4)n2)c(-c2cccnc2)n1. The molecule has 0 radical (unpaired) electrons. The van der Waals surface area contributed by atoms with Crippen molar-refractivity contribution in [2.45, 2.75) is 39.4 Å². The van der Waals surface area contributed by atoms with Crippen molar-refractivity contribution in [3.63, 3.8) is 0 Å². The second-order valence-corrected chi connectivity index (χ2v) is 8.83. The van der Waals surface area contributed by atoms with E-state index in [9.17, 15) is 0 Å². The third-order valence-corrected chi connectivity index (χ3v) is 6.23. The van der Waals surface area contributed by atoms with Gasteiger partial charge in [-0.15, -0.1) is 0 Å². The number of methoxy groups -OCH3 is 1. The number of anilines is 2. The van der Waals surface area contributed by atoms with Crippen molar-refractivity contribution < 1.29 is 4.74 Å². The average molecular weight is 470 g/mol. The van der Waals surface area contributed by atoms with Gasteiger partial charge in [-0.3, -0.25) is 14.6 Å². The molecule has 0 fully saturated rings. The second kappa shape index (κ2) is 10.8. The van der Waals surface area contributed by atoms with Crippen LogP contribution in [0, 0.1) is 0 Å². The molecule has 0 spiro atoms. The van der Waals surface area contributed by atoms with Crippen molar-refractivity contribution in [3.05, 3.63) is 72.3 Å². The minimum atomic E-state index is 0.565. The maximum atomic E-state index is 5.23. The molecule has 0 saturated heterocycles. The summed E-state index contributed by atoms with van der Waals surface area (Å²) in [6.07, 6.45) is 9.68. The van der Waals surface area contributed by atoms with Gasteiger partial charge in [0.1, 0.15) is 5.69 Å². The summed E-state index contributed by atoms with van der Waals surface area (Å²) in [5.41, 5.74) is 7.34. The van der Waals surface area contributed by atoms with Gasteiger partial charge >= 0.3 is 0 Å². The van der Waals surface area contributed by atoms with E-state index in [1.165, 1.54) is 11.1 Å². The number of fused-ring (bicyclic) bond motifs is 1. The first-order chi connectivity index (χ1) is 17.2. The standard InChI is InChI=1S/C27H31N7O/c1-3-4-12-34-19-24(26(32-34)20-6-5-10-28-16-20)25-9-11-29-27(31-25)30-23-8-7-21-17-33(13-14-35-2)18-22(21)15-23/h5-11,15-16,19H,3-4,12-14,17-18H2,1-2H3,(H,29,30,31). The van der Waals surface area contributed by atoms with Crippen molar-refractivity contribution in [2.24, 2.45) is 0 Å². The molecule has 4 aromatic rings. The molecule has 8 nitrogen and oxygen atoms in total. The van der Waals surface area contributed by atoms with Crippen LogP contribution >= 0.6 is 0 Å². The van der Waals surface area contributed by atoms with Crippen molar-refractivity contribution in [2.75, 3.05) is 25.6 Å². The van der Waals surface area contributed by atoms with E-state index >= 15 is 0 Å². The van der Waals surface area contributed by atoms with E-state index in [4.69, 9.17) is 14.8 Å². The van der Waals surface area contributed by atoms with Crippen LogP contribution in [-0.2, 0) is 24.4 Å². The Labute approximate surface area is 206 Å². The van der Waals surface area contributed by atoms with Gasteiger partial charge in [0.2, 0.25) is 5.95 Å². The predicted octanol–water partition coefficient (Wildman–Crippen LogP) is 4.91. The first-order valence-electron chi connectivity index (χ1n) is 12.1. The Morgan fingerprint density at radius 3 is 2.80 bits per heavy atom. The highest BCUT2D eigenvalue weighted by Gasteiger charge is 2.19. The van der Waals surface area contributed by atoms with E-state index in [2.05, 4.69) is 51.5 Å². The number of ether oxygens (including phenoxy) is 1. The predicted molar refractivity (Wildman–Crippen MR) is 137 cm³/mol. The van der Waals surface area contributed by atoms with Crippen LogP contribution in [-0.4, -0.2) is 49.9 Å². The number of aryl methyl sites for hydroxylation is 1. The highest BCUT2D eigenvalue weighted by atomic mass is 16.5. The summed E-state index contributed by atoms with van der Waals surface area (Å²) < 4.78 is 7.24. The number of hydrogen-bond donors (Lipinski definition) is 1. The van der Waals surface area contributed by atoms with Gasteiger partial charge in [0, 0.05) is 74.9 Å². The van der Waals surface area contributed by atoms with Gasteiger partial charge in [-0.25, -0.2) is 9.97 Å². The molecule has 3 aromatic heterocycles. The number of nitrogens with one attached hydrogen (secondary N) is 1. The molecule has 0 bridgehead atoms. The fraction of sp³-hybridized carbons (Fsp3) is 0.333. The van der Waals surface area contributed by atoms with Gasteiger partial charge in [0.25, 0.3) is 0 Å². The molecule has 8 heteroatoms. The smallest absolute Gasteiger partial charge is 0.227 e. The lowest BCUT2D eigenvalue weighted by Gasteiger charge is -2.13. The van der Waals surface area contributed by atoms with Crippen molar-refractivity contribution in [1.29, 1.82) is 0 Å². The zero-order chi connectivity index (χ0) is 24.0. The fourth-order valence-electron chi connectivity index (χ4n) is 4.38. The summed E-state index contributed by atoms with van der Waals surface area (Å²) in [4.78, 5) is 16.0. The van der Waals surface area contributed by atoms with Crippen LogP contribution in [0.5, 0.6) is 0 Å². The third-order valence-electron chi connectivity index (χ3n) is 6.23. The summed E-state index contributed by atoms with van der Waals surface area (Å²) in [6.45, 7) is 6.63. The molecule has 1 aliphatic heterocycles. The molecular weight excluding hydrogens is 438 g/mol. The number of hydrogen-bond acceptors (Lipinski definition) is 7. The Bertz CT molecular complexity index is 1270. The molecule has 5 rings (SSSR count). The first kappa shape index (κ1) is 23.1. The van der Waals surface area contributed by atoms with E-state index in [-0.39, 0.29) is 0 Å². The zero-order valence-corrected chi connectivity index (χ0v) is 20.3. The van der Waals surface area contributed by atoms with E-state index in [0.29, 0.717) is 5.95 Å². The van der Waals surface area contributed by atoms with Crippen LogP contribution in [0.1, 0.15) is 30.9 Å². The van der Waals surface area contributed by atoms with E-state index in [1.54, 1.807) is 19.5 Å². The molecule has 0 aliphatic carbocycles. The average Bonchev–Trinajstić information content (AvgIpc) is 3.51. The largest absolute Gasteiger partial charge is 0.383 e. The highest BCUT2D eigenvalue weighted by Crippen LogP contribution is 2.31. The lowest BCUT2D eigenvalue weighted by molar-refractivity contribution is 0.147. The van der Waals surface area contributed by atoms with Gasteiger partial charge in [-0.2, -0.15) is 5.10 Å². The van der Waals surface area contributed by atoms with Gasteiger partial charge in [0.15, 0.2) is 0 Å². The first-order valence-corrected chi connectivity index (χ1v) is 12.1. The molecule has 1 N–H and O–H groups in total. The normalized spacial score (nSPS) is 13.2. The summed E-state index contributed by atoms with van der Waals surface area (Å²) in [5, 5.41) is 8.26. The molecule has 35 heavy (non-hydrogen) atoms. The Kier molecular flexibility index (Phi) is 7.11. The second-order valence-electron chi connectivity index (χ2n) is 8.83. The summed E-state index contributed by atoms with van der Waals surface area (Å²) in [7, 11) is 1.75. The molecular formula is C27H31N7O. The number of aromatic nitrogens is 5. The summed E-state index contributed by atoms with van der Waals surface area (Å²) in [5.74, 6) is 0.565. The van der Waals surface area contributed by atoms with Crippen molar-refractivity contribution >= 4 is 11.6 Å². The minimum absolute atomic E-state index is 0.565. The van der Waals surface area contributed by atoms with Gasteiger partial charge in [0.05, 0.1) is 12.3 Å². The van der Waals surface area contributed by atoms with Crippen LogP contribution in [0.25, 0.3) is 22.5 Å². The van der Waals surface area contributed by atoms with Gasteiger partial charge in [-0.05, 0) is 47.9 Å². The number of benzene rings is 1. The maximum Gasteiger partial charge on any atom is 0.227 e. The van der Waals surface area contributed by atoms with Crippen molar-refractivity contribution in [1.82, 2.24) is 29.6 Å². The number of nitrogens with zero attached hydrogens (tertiary/aromatic N) is 6. The quantitative estimate of drug-likeness (QED) is 0.353. The molecule has 1 aromatic carbocycles. The molecule has 4 heterocycles. The van der Waals surface area contributed by atoms with E-state index in [0.717, 1.165) is 73.8 Å². The van der Waals surface area contributed by atoms with Crippen LogP contribution in [0.15, 0.2) is 61.2 Å². The van der Waals surface area contributed by atoms with Crippen molar-refractivity contribution in [3.8, 4) is 22.5 Å². The molecule has 180 valence electrons. The molecule has 0 saturated carbocycles. The zero-order valence-electron chi connectivity index (χ0n) is 20.3. The summed E-state index contributed by atoms with van der Waals surface area (Å²) >= 11 is 0. The molecule has 0 amide bonds. The Morgan fingerprint density at radius 2 is 1.97 bits per heavy atom. The Morgan fingerprint density at radius 1 is 1.06 bits per heavy atom. The number of unbranched alkanes of at least 4 members (excludes halogenated alkanes) is 1. The van der Waals surface area contributed by atoms with Crippen LogP contribution in [0.3, 0.4) is 0 Å². The van der Waals surface area contributed by atoms with Gasteiger partial charge in [-0.1, -0.05) is 19.4 Å².